The van der Waals surface area contributed by atoms with Gasteiger partial charge in [-0.2, -0.15) is 5.26 Å². The quantitative estimate of drug-likeness (QED) is 0.355. The van der Waals surface area contributed by atoms with Crippen LogP contribution in [0.5, 0.6) is 0 Å². The maximum atomic E-state index is 10.1. The van der Waals surface area contributed by atoms with Crippen LogP contribution in [0.4, 0.5) is 0 Å². The van der Waals surface area contributed by atoms with Crippen molar-refractivity contribution in [1.29, 1.82) is 5.26 Å². The average Bonchev–Trinajstić information content (AvgIpc) is 2.79. The Labute approximate surface area is 182 Å². The fraction of sp³-hybridized carbons (Fsp3) is 0.964. The molecule has 1 nitrogen and oxygen atoms in total. The molecule has 3 fully saturated rings. The summed E-state index contributed by atoms with van der Waals surface area (Å²) in [5.41, 5.74) is 0.0323. The van der Waals surface area contributed by atoms with E-state index in [1.807, 2.05) is 0 Å². The number of unbranched alkanes of at least 4 members (excludes halogenated alkanes) is 4. The lowest BCUT2D eigenvalue weighted by Gasteiger charge is -2.43. The van der Waals surface area contributed by atoms with Gasteiger partial charge in [-0.1, -0.05) is 78.1 Å². The molecule has 1 heteroatoms. The van der Waals surface area contributed by atoms with Crippen LogP contribution in [0.25, 0.3) is 0 Å². The molecule has 0 amide bonds. The van der Waals surface area contributed by atoms with E-state index in [9.17, 15) is 5.26 Å². The van der Waals surface area contributed by atoms with Crippen LogP contribution in [-0.2, 0) is 0 Å². The zero-order valence-electron chi connectivity index (χ0n) is 19.8. The second-order valence-corrected chi connectivity index (χ2v) is 11.3. The van der Waals surface area contributed by atoms with Crippen LogP contribution in [0.1, 0.15) is 136 Å². The molecule has 0 heterocycles. The lowest BCUT2D eigenvalue weighted by molar-refractivity contribution is 0.0817. The van der Waals surface area contributed by atoms with Crippen molar-refractivity contribution < 1.29 is 0 Å². The lowest BCUT2D eigenvalue weighted by atomic mass is 9.61. The molecule has 3 saturated carbocycles. The van der Waals surface area contributed by atoms with Crippen molar-refractivity contribution in [2.24, 2.45) is 35.0 Å². The zero-order chi connectivity index (χ0) is 20.5. The standard InChI is InChI=1S/C28H49N/c1-3-5-6-7-8-19-28(22-29)20-9-10-27(21-28)26-17-15-25(16-18-26)24-13-11-23(4-2)12-14-24/h23-27H,3-21H2,1-2H3. The summed E-state index contributed by atoms with van der Waals surface area (Å²) in [5, 5.41) is 10.1. The molecule has 3 rings (SSSR count). The molecule has 166 valence electrons. The average molecular weight is 400 g/mol. The Morgan fingerprint density at radius 1 is 0.724 bits per heavy atom. The molecule has 3 aliphatic rings. The molecule has 3 aliphatic carbocycles. The number of hydrogen-bond acceptors (Lipinski definition) is 1. The third kappa shape index (κ3) is 6.48. The first-order valence-electron chi connectivity index (χ1n) is 13.6. The summed E-state index contributed by atoms with van der Waals surface area (Å²) in [6.07, 6.45) is 26.4. The Morgan fingerprint density at radius 3 is 1.90 bits per heavy atom. The van der Waals surface area contributed by atoms with E-state index in [-0.39, 0.29) is 5.41 Å². The van der Waals surface area contributed by atoms with Gasteiger partial charge < -0.3 is 0 Å². The maximum absolute atomic E-state index is 10.1. The van der Waals surface area contributed by atoms with Crippen molar-refractivity contribution in [2.75, 3.05) is 0 Å². The Kier molecular flexibility index (Phi) is 9.40. The highest BCUT2D eigenvalue weighted by atomic mass is 14.5. The SMILES string of the molecule is CCCCCCCC1(C#N)CCCC(C2CCC(C3CCC(CC)CC3)CC2)C1. The normalized spacial score (nSPS) is 38.4. The van der Waals surface area contributed by atoms with Gasteiger partial charge in [-0.25, -0.2) is 0 Å². The Balaban J connectivity index is 1.43. The minimum absolute atomic E-state index is 0.0323. The molecule has 0 N–H and O–H groups in total. The van der Waals surface area contributed by atoms with Gasteiger partial charge in [0.25, 0.3) is 0 Å². The van der Waals surface area contributed by atoms with Gasteiger partial charge in [0.05, 0.1) is 11.5 Å². The van der Waals surface area contributed by atoms with Crippen LogP contribution >= 0.6 is 0 Å². The number of rotatable bonds is 9. The second kappa shape index (κ2) is 11.8. The number of nitrogens with zero attached hydrogens (tertiary/aromatic N) is 1. The van der Waals surface area contributed by atoms with Gasteiger partial charge in [-0.3, -0.25) is 0 Å². The molecule has 0 aromatic carbocycles. The zero-order valence-corrected chi connectivity index (χ0v) is 19.8. The molecule has 0 aliphatic heterocycles. The van der Waals surface area contributed by atoms with Crippen molar-refractivity contribution in [3.63, 3.8) is 0 Å². The van der Waals surface area contributed by atoms with Crippen LogP contribution < -0.4 is 0 Å². The molecular formula is C28H49N. The molecule has 0 aromatic heterocycles. The first-order valence-corrected chi connectivity index (χ1v) is 13.6. The van der Waals surface area contributed by atoms with E-state index in [4.69, 9.17) is 0 Å². The van der Waals surface area contributed by atoms with Crippen LogP contribution in [0.15, 0.2) is 0 Å². The van der Waals surface area contributed by atoms with E-state index < -0.39 is 0 Å². The summed E-state index contributed by atoms with van der Waals surface area (Å²) < 4.78 is 0. The second-order valence-electron chi connectivity index (χ2n) is 11.3. The van der Waals surface area contributed by atoms with Crippen molar-refractivity contribution >= 4 is 0 Å². The number of nitriles is 1. The van der Waals surface area contributed by atoms with E-state index in [0.29, 0.717) is 0 Å². The van der Waals surface area contributed by atoms with Gasteiger partial charge in [-0.05, 0) is 87.4 Å². The Morgan fingerprint density at radius 2 is 1.31 bits per heavy atom. The fourth-order valence-corrected chi connectivity index (χ4v) is 7.42. The summed E-state index contributed by atoms with van der Waals surface area (Å²) in [6.45, 7) is 4.67. The minimum Gasteiger partial charge on any atom is -0.198 e. The first kappa shape index (κ1) is 23.2. The summed E-state index contributed by atoms with van der Waals surface area (Å²) in [7, 11) is 0. The first-order chi connectivity index (χ1) is 14.2. The van der Waals surface area contributed by atoms with Crippen LogP contribution in [0.2, 0.25) is 0 Å². The molecule has 0 bridgehead atoms. The predicted molar refractivity (Wildman–Crippen MR) is 125 cm³/mol. The maximum Gasteiger partial charge on any atom is 0.0689 e. The van der Waals surface area contributed by atoms with Gasteiger partial charge in [0.2, 0.25) is 0 Å². The van der Waals surface area contributed by atoms with Gasteiger partial charge in [-0.15, -0.1) is 0 Å². The van der Waals surface area contributed by atoms with Crippen molar-refractivity contribution in [1.82, 2.24) is 0 Å². The van der Waals surface area contributed by atoms with E-state index in [1.54, 1.807) is 0 Å². The third-order valence-corrected chi connectivity index (χ3v) is 9.50. The summed E-state index contributed by atoms with van der Waals surface area (Å²) in [6, 6.07) is 2.85. The fourth-order valence-electron chi connectivity index (χ4n) is 7.42. The molecule has 0 radical (unpaired) electrons. The van der Waals surface area contributed by atoms with Gasteiger partial charge in [0, 0.05) is 0 Å². The summed E-state index contributed by atoms with van der Waals surface area (Å²) in [5.74, 6) is 4.91. The molecule has 2 atom stereocenters. The monoisotopic (exact) mass is 399 g/mol. The largest absolute Gasteiger partial charge is 0.198 e. The Bertz CT molecular complexity index is 489. The van der Waals surface area contributed by atoms with Crippen molar-refractivity contribution in [3.8, 4) is 6.07 Å². The summed E-state index contributed by atoms with van der Waals surface area (Å²) in [4.78, 5) is 0. The molecule has 0 saturated heterocycles. The third-order valence-electron chi connectivity index (χ3n) is 9.50. The van der Waals surface area contributed by atoms with E-state index in [2.05, 4.69) is 19.9 Å². The highest BCUT2D eigenvalue weighted by Crippen LogP contribution is 2.50. The minimum atomic E-state index is 0.0323. The molecular weight excluding hydrogens is 350 g/mol. The van der Waals surface area contributed by atoms with Gasteiger partial charge >= 0.3 is 0 Å². The van der Waals surface area contributed by atoms with Crippen LogP contribution in [0, 0.1) is 46.3 Å². The van der Waals surface area contributed by atoms with Crippen LogP contribution in [-0.4, -0.2) is 0 Å². The van der Waals surface area contributed by atoms with E-state index in [0.717, 1.165) is 29.6 Å². The van der Waals surface area contributed by atoms with Crippen molar-refractivity contribution in [2.45, 2.75) is 136 Å². The van der Waals surface area contributed by atoms with Crippen LogP contribution in [0.3, 0.4) is 0 Å². The molecule has 0 aromatic rings. The highest BCUT2D eigenvalue weighted by molar-refractivity contribution is 5.03. The summed E-state index contributed by atoms with van der Waals surface area (Å²) >= 11 is 0. The smallest absolute Gasteiger partial charge is 0.0689 e. The predicted octanol–water partition coefficient (Wildman–Crippen LogP) is 9.07. The van der Waals surface area contributed by atoms with Gasteiger partial charge in [0.15, 0.2) is 0 Å². The topological polar surface area (TPSA) is 23.8 Å². The lowest BCUT2D eigenvalue weighted by Crippen LogP contribution is -2.34. The van der Waals surface area contributed by atoms with Gasteiger partial charge in [0.1, 0.15) is 0 Å². The molecule has 2 unspecified atom stereocenters. The Hall–Kier alpha value is -0.510. The van der Waals surface area contributed by atoms with Crippen molar-refractivity contribution in [3.05, 3.63) is 0 Å². The van der Waals surface area contributed by atoms with E-state index >= 15 is 0 Å². The molecule has 29 heavy (non-hydrogen) atoms. The van der Waals surface area contributed by atoms with E-state index in [1.165, 1.54) is 122 Å². The highest BCUT2D eigenvalue weighted by Gasteiger charge is 2.40. The number of hydrogen-bond donors (Lipinski definition) is 0. The molecule has 0 spiro atoms.